The van der Waals surface area contributed by atoms with Crippen LogP contribution in [0.15, 0.2) is 18.2 Å². The van der Waals surface area contributed by atoms with Crippen LogP contribution in [0.3, 0.4) is 0 Å². The van der Waals surface area contributed by atoms with Crippen molar-refractivity contribution in [1.82, 2.24) is 0 Å². The molecule has 0 saturated heterocycles. The predicted molar refractivity (Wildman–Crippen MR) is 63.2 cm³/mol. The summed E-state index contributed by atoms with van der Waals surface area (Å²) in [7, 11) is 0. The highest BCUT2D eigenvalue weighted by atomic mass is 16.1. The summed E-state index contributed by atoms with van der Waals surface area (Å²) in [6.07, 6.45) is 0.709. The minimum Gasteiger partial charge on any atom is -0.366 e. The highest BCUT2D eigenvalue weighted by Gasteiger charge is 2.11. The van der Waals surface area contributed by atoms with Gasteiger partial charge in [0.15, 0.2) is 0 Å². The third-order valence-corrected chi connectivity index (χ3v) is 2.85. The van der Waals surface area contributed by atoms with Crippen LogP contribution in [-0.2, 0) is 11.2 Å². The molecule has 0 aromatic heterocycles. The van der Waals surface area contributed by atoms with Gasteiger partial charge in [-0.25, -0.2) is 0 Å². The van der Waals surface area contributed by atoms with Crippen LogP contribution >= 0.6 is 0 Å². The van der Waals surface area contributed by atoms with E-state index in [9.17, 15) is 9.59 Å². The molecule has 2 N–H and O–H groups in total. The molecule has 0 spiro atoms. The Hall–Kier alpha value is -1.64. The van der Waals surface area contributed by atoms with Gasteiger partial charge in [-0.2, -0.15) is 0 Å². The van der Waals surface area contributed by atoms with Crippen molar-refractivity contribution in [2.45, 2.75) is 27.2 Å². The van der Waals surface area contributed by atoms with Gasteiger partial charge in [0, 0.05) is 11.5 Å². The Balaban J connectivity index is 2.91. The summed E-state index contributed by atoms with van der Waals surface area (Å²) in [6, 6.07) is 5.34. The maximum atomic E-state index is 11.2. The molecule has 1 unspecified atom stereocenters. The van der Waals surface area contributed by atoms with Crippen molar-refractivity contribution in [3.63, 3.8) is 0 Å². The standard InChI is InChI=1S/C13H17NO2/c1-8(10(3)15)6-11-4-5-12(13(14)16)7-9(11)2/h4-5,7-8H,6H2,1-3H3,(H2,14,16). The summed E-state index contributed by atoms with van der Waals surface area (Å²) in [5.74, 6) is -0.231. The molecule has 0 aliphatic heterocycles. The van der Waals surface area contributed by atoms with Crippen LogP contribution < -0.4 is 5.73 Å². The molecule has 0 fully saturated rings. The summed E-state index contributed by atoms with van der Waals surface area (Å²) in [5.41, 5.74) is 7.79. The average Bonchev–Trinajstić information content (AvgIpc) is 2.20. The summed E-state index contributed by atoms with van der Waals surface area (Å²) in [6.45, 7) is 5.43. The number of amides is 1. The Morgan fingerprint density at radius 1 is 1.38 bits per heavy atom. The van der Waals surface area contributed by atoms with E-state index in [1.54, 1.807) is 19.1 Å². The molecule has 3 nitrogen and oxygen atoms in total. The Morgan fingerprint density at radius 2 is 2.00 bits per heavy atom. The van der Waals surface area contributed by atoms with Crippen LogP contribution in [0.1, 0.15) is 35.3 Å². The van der Waals surface area contributed by atoms with Crippen molar-refractivity contribution in [2.24, 2.45) is 11.7 Å². The molecule has 1 aromatic carbocycles. The van der Waals surface area contributed by atoms with Gasteiger partial charge in [-0.05, 0) is 43.5 Å². The number of rotatable bonds is 4. The molecule has 16 heavy (non-hydrogen) atoms. The van der Waals surface area contributed by atoms with E-state index in [1.807, 2.05) is 19.9 Å². The molecular formula is C13H17NO2. The van der Waals surface area contributed by atoms with Crippen molar-refractivity contribution >= 4 is 11.7 Å². The molecule has 0 saturated carbocycles. The second-order valence-corrected chi connectivity index (χ2v) is 4.22. The summed E-state index contributed by atoms with van der Waals surface area (Å²) in [5, 5.41) is 0. The van der Waals surface area contributed by atoms with Gasteiger partial charge in [0.25, 0.3) is 0 Å². The molecule has 1 atom stereocenters. The molecule has 1 amide bonds. The molecule has 3 heteroatoms. The largest absolute Gasteiger partial charge is 0.366 e. The smallest absolute Gasteiger partial charge is 0.248 e. The van der Waals surface area contributed by atoms with E-state index in [4.69, 9.17) is 5.73 Å². The number of nitrogens with two attached hydrogens (primary N) is 1. The minimum atomic E-state index is -0.422. The van der Waals surface area contributed by atoms with Gasteiger partial charge < -0.3 is 5.73 Å². The van der Waals surface area contributed by atoms with Crippen molar-refractivity contribution in [3.05, 3.63) is 34.9 Å². The average molecular weight is 219 g/mol. The summed E-state index contributed by atoms with van der Waals surface area (Å²) in [4.78, 5) is 22.1. The van der Waals surface area contributed by atoms with E-state index in [0.717, 1.165) is 11.1 Å². The molecule has 0 heterocycles. The van der Waals surface area contributed by atoms with Crippen LogP contribution in [0.5, 0.6) is 0 Å². The predicted octanol–water partition coefficient (Wildman–Crippen LogP) is 1.86. The van der Waals surface area contributed by atoms with E-state index in [-0.39, 0.29) is 11.7 Å². The molecule has 0 aliphatic rings. The monoisotopic (exact) mass is 219 g/mol. The van der Waals surface area contributed by atoms with Crippen molar-refractivity contribution in [1.29, 1.82) is 0 Å². The molecule has 86 valence electrons. The lowest BCUT2D eigenvalue weighted by molar-refractivity contribution is -0.120. The molecular weight excluding hydrogens is 202 g/mol. The zero-order valence-corrected chi connectivity index (χ0v) is 9.91. The van der Waals surface area contributed by atoms with Gasteiger partial charge in [0.2, 0.25) is 5.91 Å². The highest BCUT2D eigenvalue weighted by molar-refractivity contribution is 5.93. The normalized spacial score (nSPS) is 12.2. The SMILES string of the molecule is CC(=O)C(C)Cc1ccc(C(N)=O)cc1C. The first-order valence-corrected chi connectivity index (χ1v) is 5.31. The second kappa shape index (κ2) is 4.92. The lowest BCUT2D eigenvalue weighted by Gasteiger charge is -2.11. The number of Topliss-reactive ketones (excluding diaryl/α,β-unsaturated/α-hetero) is 1. The lowest BCUT2D eigenvalue weighted by Crippen LogP contribution is -2.13. The van der Waals surface area contributed by atoms with Crippen molar-refractivity contribution in [3.8, 4) is 0 Å². The van der Waals surface area contributed by atoms with E-state index in [2.05, 4.69) is 0 Å². The number of primary amides is 1. The number of aryl methyl sites for hydroxylation is 1. The molecule has 0 radical (unpaired) electrons. The second-order valence-electron chi connectivity index (χ2n) is 4.22. The van der Waals surface area contributed by atoms with E-state index in [0.29, 0.717) is 12.0 Å². The number of ketones is 1. The summed E-state index contributed by atoms with van der Waals surface area (Å²) >= 11 is 0. The fourth-order valence-electron chi connectivity index (χ4n) is 1.55. The lowest BCUT2D eigenvalue weighted by atomic mass is 9.94. The number of carbonyl (C=O) groups excluding carboxylic acids is 2. The van der Waals surface area contributed by atoms with Gasteiger partial charge in [-0.3, -0.25) is 9.59 Å². The van der Waals surface area contributed by atoms with E-state index < -0.39 is 5.91 Å². The van der Waals surface area contributed by atoms with Crippen molar-refractivity contribution in [2.75, 3.05) is 0 Å². The first-order valence-electron chi connectivity index (χ1n) is 5.31. The Morgan fingerprint density at radius 3 is 2.44 bits per heavy atom. The van der Waals surface area contributed by atoms with Crippen LogP contribution in [0.25, 0.3) is 0 Å². The number of hydrogen-bond donors (Lipinski definition) is 1. The van der Waals surface area contributed by atoms with Gasteiger partial charge in [-0.15, -0.1) is 0 Å². The van der Waals surface area contributed by atoms with Crippen LogP contribution in [0.2, 0.25) is 0 Å². The zero-order chi connectivity index (χ0) is 12.3. The van der Waals surface area contributed by atoms with Gasteiger partial charge in [0.1, 0.15) is 5.78 Å². The van der Waals surface area contributed by atoms with E-state index in [1.165, 1.54) is 0 Å². The molecule has 0 aliphatic carbocycles. The first kappa shape index (κ1) is 12.4. The fraction of sp³-hybridized carbons (Fsp3) is 0.385. The quantitative estimate of drug-likeness (QED) is 0.840. The maximum Gasteiger partial charge on any atom is 0.248 e. The van der Waals surface area contributed by atoms with Gasteiger partial charge in [0.05, 0.1) is 0 Å². The Bertz CT molecular complexity index is 424. The van der Waals surface area contributed by atoms with Crippen LogP contribution in [-0.4, -0.2) is 11.7 Å². The van der Waals surface area contributed by atoms with Gasteiger partial charge >= 0.3 is 0 Å². The Kier molecular flexibility index (Phi) is 3.82. The van der Waals surface area contributed by atoms with Crippen LogP contribution in [0, 0.1) is 12.8 Å². The third kappa shape index (κ3) is 2.92. The topological polar surface area (TPSA) is 60.2 Å². The van der Waals surface area contributed by atoms with Crippen LogP contribution in [0.4, 0.5) is 0 Å². The molecule has 1 rings (SSSR count). The first-order chi connectivity index (χ1) is 7.41. The number of carbonyl (C=O) groups is 2. The van der Waals surface area contributed by atoms with Crippen molar-refractivity contribution < 1.29 is 9.59 Å². The highest BCUT2D eigenvalue weighted by Crippen LogP contribution is 2.15. The van der Waals surface area contributed by atoms with Gasteiger partial charge in [-0.1, -0.05) is 13.0 Å². The number of benzene rings is 1. The maximum absolute atomic E-state index is 11.2. The number of hydrogen-bond acceptors (Lipinski definition) is 2. The van der Waals surface area contributed by atoms with E-state index >= 15 is 0 Å². The Labute approximate surface area is 95.6 Å². The molecule has 1 aromatic rings. The zero-order valence-electron chi connectivity index (χ0n) is 9.91. The minimum absolute atomic E-state index is 0.0122. The molecule has 0 bridgehead atoms. The summed E-state index contributed by atoms with van der Waals surface area (Å²) < 4.78 is 0. The fourth-order valence-corrected chi connectivity index (χ4v) is 1.55. The third-order valence-electron chi connectivity index (χ3n) is 2.85.